The van der Waals surface area contributed by atoms with Gasteiger partial charge in [0, 0.05) is 36.2 Å². The molecule has 2 aromatic rings. The molecule has 0 saturated carbocycles. The first-order valence-corrected chi connectivity index (χ1v) is 6.11. The van der Waals surface area contributed by atoms with Crippen molar-refractivity contribution < 1.29 is 19.6 Å². The van der Waals surface area contributed by atoms with E-state index in [-0.39, 0.29) is 12.2 Å². The number of carbonyl (C=O) groups is 2. The van der Waals surface area contributed by atoms with Gasteiger partial charge >= 0.3 is 5.97 Å². The molecule has 1 heterocycles. The van der Waals surface area contributed by atoms with Gasteiger partial charge in [-0.15, -0.1) is 0 Å². The topological polar surface area (TPSA) is 114 Å². The summed E-state index contributed by atoms with van der Waals surface area (Å²) in [5.74, 6) is -1.58. The fourth-order valence-corrected chi connectivity index (χ4v) is 2.09. The molecule has 0 aliphatic heterocycles. The van der Waals surface area contributed by atoms with E-state index in [0.29, 0.717) is 10.9 Å². The Kier molecular flexibility index (Phi) is 3.88. The fraction of sp³-hybridized carbons (Fsp3) is 0.231. The first-order chi connectivity index (χ1) is 9.88. The number of hydrogen-bond donors (Lipinski definition) is 2. The second-order valence-electron chi connectivity index (χ2n) is 4.56. The Balaban J connectivity index is 2.32. The van der Waals surface area contributed by atoms with E-state index in [0.717, 1.165) is 0 Å². The standard InChI is InChI=1S/C13H13N3O5/c1-8(17)14-11(13(18)19)7-15-5-4-9-6-10(16(20)21)2-3-12(9)15/h2-6,11H,7H2,1H3,(H,14,17)(H,18,19). The zero-order chi connectivity index (χ0) is 15.6. The van der Waals surface area contributed by atoms with Crippen molar-refractivity contribution in [1.29, 1.82) is 0 Å². The highest BCUT2D eigenvalue weighted by Crippen LogP contribution is 2.22. The highest BCUT2D eigenvalue weighted by molar-refractivity contribution is 5.84. The summed E-state index contributed by atoms with van der Waals surface area (Å²) >= 11 is 0. The molecule has 21 heavy (non-hydrogen) atoms. The van der Waals surface area contributed by atoms with Crippen LogP contribution in [0.2, 0.25) is 0 Å². The van der Waals surface area contributed by atoms with Crippen LogP contribution in [0, 0.1) is 10.1 Å². The highest BCUT2D eigenvalue weighted by atomic mass is 16.6. The fourth-order valence-electron chi connectivity index (χ4n) is 2.09. The molecule has 0 saturated heterocycles. The Bertz CT molecular complexity index is 722. The number of fused-ring (bicyclic) bond motifs is 1. The van der Waals surface area contributed by atoms with E-state index >= 15 is 0 Å². The summed E-state index contributed by atoms with van der Waals surface area (Å²) in [4.78, 5) is 32.4. The van der Waals surface area contributed by atoms with E-state index in [4.69, 9.17) is 5.11 Å². The van der Waals surface area contributed by atoms with Gasteiger partial charge in [-0.05, 0) is 12.1 Å². The summed E-state index contributed by atoms with van der Waals surface area (Å²) in [6, 6.07) is 4.93. The first-order valence-electron chi connectivity index (χ1n) is 6.11. The van der Waals surface area contributed by atoms with E-state index in [1.54, 1.807) is 22.9 Å². The zero-order valence-electron chi connectivity index (χ0n) is 11.1. The highest BCUT2D eigenvalue weighted by Gasteiger charge is 2.20. The van der Waals surface area contributed by atoms with Crippen molar-refractivity contribution in [2.75, 3.05) is 0 Å². The quantitative estimate of drug-likeness (QED) is 0.633. The van der Waals surface area contributed by atoms with Gasteiger partial charge in [0.15, 0.2) is 0 Å². The third kappa shape index (κ3) is 3.16. The molecule has 0 bridgehead atoms. The molecule has 1 aromatic carbocycles. The van der Waals surface area contributed by atoms with Gasteiger partial charge in [-0.3, -0.25) is 14.9 Å². The van der Waals surface area contributed by atoms with Crippen LogP contribution in [0.1, 0.15) is 6.92 Å². The number of nitrogens with zero attached hydrogens (tertiary/aromatic N) is 2. The molecule has 0 fully saturated rings. The third-order valence-corrected chi connectivity index (χ3v) is 3.02. The molecule has 8 nitrogen and oxygen atoms in total. The number of carboxylic acids is 1. The number of benzene rings is 1. The molecule has 8 heteroatoms. The summed E-state index contributed by atoms with van der Waals surface area (Å²) in [6.07, 6.45) is 1.63. The molecule has 1 aromatic heterocycles. The molecule has 0 aliphatic rings. The number of rotatable bonds is 5. The average molecular weight is 291 g/mol. The van der Waals surface area contributed by atoms with Gasteiger partial charge in [-0.1, -0.05) is 0 Å². The van der Waals surface area contributed by atoms with Crippen molar-refractivity contribution >= 4 is 28.5 Å². The number of nitro groups is 1. The number of nitrogens with one attached hydrogen (secondary N) is 1. The minimum Gasteiger partial charge on any atom is -0.480 e. The first kappa shape index (κ1) is 14.5. The van der Waals surface area contributed by atoms with E-state index in [9.17, 15) is 19.7 Å². The molecule has 2 rings (SSSR count). The Hall–Kier alpha value is -2.90. The minimum absolute atomic E-state index is 0.0307. The van der Waals surface area contributed by atoms with Crippen LogP contribution in [-0.2, 0) is 16.1 Å². The van der Waals surface area contributed by atoms with Gasteiger partial charge in [-0.25, -0.2) is 4.79 Å². The third-order valence-electron chi connectivity index (χ3n) is 3.02. The van der Waals surface area contributed by atoms with Crippen molar-refractivity contribution in [2.45, 2.75) is 19.5 Å². The maximum Gasteiger partial charge on any atom is 0.328 e. The number of amides is 1. The van der Waals surface area contributed by atoms with Crippen LogP contribution in [0.4, 0.5) is 5.69 Å². The predicted molar refractivity (Wildman–Crippen MR) is 73.8 cm³/mol. The van der Waals surface area contributed by atoms with E-state index in [1.807, 2.05) is 0 Å². The van der Waals surface area contributed by atoms with Crippen molar-refractivity contribution in [3.05, 3.63) is 40.6 Å². The van der Waals surface area contributed by atoms with E-state index < -0.39 is 22.8 Å². The monoisotopic (exact) mass is 291 g/mol. The van der Waals surface area contributed by atoms with Gasteiger partial charge in [0.1, 0.15) is 6.04 Å². The summed E-state index contributed by atoms with van der Waals surface area (Å²) < 4.78 is 1.63. The predicted octanol–water partition coefficient (Wildman–Crippen LogP) is 1.14. The Morgan fingerprint density at radius 1 is 1.43 bits per heavy atom. The summed E-state index contributed by atoms with van der Waals surface area (Å²) in [6.45, 7) is 1.28. The van der Waals surface area contributed by atoms with E-state index in [2.05, 4.69) is 5.32 Å². The molecule has 2 N–H and O–H groups in total. The van der Waals surface area contributed by atoms with Gasteiger partial charge in [0.05, 0.1) is 11.5 Å². The lowest BCUT2D eigenvalue weighted by molar-refractivity contribution is -0.384. The molecule has 110 valence electrons. The average Bonchev–Trinajstić information content (AvgIpc) is 2.79. The SMILES string of the molecule is CC(=O)NC(Cn1ccc2cc([N+](=O)[O-])ccc21)C(=O)O. The maximum atomic E-state index is 11.1. The van der Waals surface area contributed by atoms with Crippen molar-refractivity contribution in [3.8, 4) is 0 Å². The van der Waals surface area contributed by atoms with Crippen molar-refractivity contribution in [2.24, 2.45) is 0 Å². The molecular formula is C13H13N3O5. The lowest BCUT2D eigenvalue weighted by Crippen LogP contribution is -2.42. The van der Waals surface area contributed by atoms with Gasteiger partial charge < -0.3 is 15.0 Å². The number of carboxylic acid groups (broad SMARTS) is 1. The number of carbonyl (C=O) groups excluding carboxylic acids is 1. The molecular weight excluding hydrogens is 278 g/mol. The summed E-state index contributed by atoms with van der Waals surface area (Å²) in [7, 11) is 0. The van der Waals surface area contributed by atoms with Crippen LogP contribution in [0.25, 0.3) is 10.9 Å². The largest absolute Gasteiger partial charge is 0.480 e. The van der Waals surface area contributed by atoms with Crippen LogP contribution in [-0.4, -0.2) is 32.5 Å². The summed E-state index contributed by atoms with van der Waals surface area (Å²) in [5, 5.41) is 22.8. The Labute approximate surface area is 119 Å². The van der Waals surface area contributed by atoms with Crippen molar-refractivity contribution in [3.63, 3.8) is 0 Å². The number of non-ortho nitro benzene ring substituents is 1. The maximum absolute atomic E-state index is 11.1. The molecule has 0 aliphatic carbocycles. The van der Waals surface area contributed by atoms with Crippen LogP contribution in [0.3, 0.4) is 0 Å². The van der Waals surface area contributed by atoms with Gasteiger partial charge in [0.2, 0.25) is 5.91 Å². The number of aliphatic carboxylic acids is 1. The second-order valence-corrected chi connectivity index (χ2v) is 4.56. The van der Waals surface area contributed by atoms with Crippen LogP contribution >= 0.6 is 0 Å². The Morgan fingerprint density at radius 2 is 2.14 bits per heavy atom. The molecule has 1 unspecified atom stereocenters. The van der Waals surface area contributed by atoms with Gasteiger partial charge in [0.25, 0.3) is 5.69 Å². The smallest absolute Gasteiger partial charge is 0.328 e. The molecule has 1 atom stereocenters. The van der Waals surface area contributed by atoms with Crippen molar-refractivity contribution in [1.82, 2.24) is 9.88 Å². The minimum atomic E-state index is -1.14. The normalized spacial score (nSPS) is 12.0. The lowest BCUT2D eigenvalue weighted by Gasteiger charge is -2.14. The molecule has 1 amide bonds. The van der Waals surface area contributed by atoms with Gasteiger partial charge in [-0.2, -0.15) is 0 Å². The number of hydrogen-bond acceptors (Lipinski definition) is 4. The number of aromatic nitrogens is 1. The summed E-state index contributed by atoms with van der Waals surface area (Å²) in [5.41, 5.74) is 0.633. The van der Waals surface area contributed by atoms with Crippen LogP contribution in [0.15, 0.2) is 30.5 Å². The van der Waals surface area contributed by atoms with E-state index in [1.165, 1.54) is 19.1 Å². The zero-order valence-corrected chi connectivity index (χ0v) is 11.1. The van der Waals surface area contributed by atoms with Crippen LogP contribution in [0.5, 0.6) is 0 Å². The Morgan fingerprint density at radius 3 is 2.71 bits per heavy atom. The second kappa shape index (κ2) is 5.61. The van der Waals surface area contributed by atoms with Crippen LogP contribution < -0.4 is 5.32 Å². The molecule has 0 spiro atoms. The lowest BCUT2D eigenvalue weighted by atomic mass is 10.2. The number of nitro benzene ring substituents is 1. The molecule has 0 radical (unpaired) electrons.